The Morgan fingerprint density at radius 3 is 2.00 bits per heavy atom. The Balaban J connectivity index is 1.76. The highest BCUT2D eigenvalue weighted by molar-refractivity contribution is 14.1. The first kappa shape index (κ1) is 19.6. The fraction of sp³-hybridized carbons (Fsp3) is 1.00. The molecule has 4 nitrogen and oxygen atoms in total. The Morgan fingerprint density at radius 2 is 1.38 bits per heavy atom. The zero-order chi connectivity index (χ0) is 15.2. The first-order chi connectivity index (χ1) is 10.3. The quantitative estimate of drug-likeness (QED) is 0.262. The lowest BCUT2D eigenvalue weighted by molar-refractivity contribution is -0.0238. The van der Waals surface area contributed by atoms with Gasteiger partial charge in [-0.1, -0.05) is 48.8 Å². The Bertz CT molecular complexity index is 228. The van der Waals surface area contributed by atoms with Gasteiger partial charge in [-0.05, 0) is 19.3 Å². The molecule has 126 valence electrons. The summed E-state index contributed by atoms with van der Waals surface area (Å²) in [6.07, 6.45) is 7.88. The Morgan fingerprint density at radius 1 is 0.810 bits per heavy atom. The average Bonchev–Trinajstić information content (AvgIpc) is 2.50. The molecule has 0 saturated heterocycles. The van der Waals surface area contributed by atoms with Crippen LogP contribution in [0.4, 0.5) is 0 Å². The second-order valence-corrected chi connectivity index (χ2v) is 7.00. The van der Waals surface area contributed by atoms with Gasteiger partial charge in [0.05, 0.1) is 45.7 Å². The number of alkyl halides is 1. The van der Waals surface area contributed by atoms with Crippen LogP contribution in [0.25, 0.3) is 0 Å². The molecule has 1 fully saturated rings. The minimum Gasteiger partial charge on any atom is -0.379 e. The summed E-state index contributed by atoms with van der Waals surface area (Å²) in [7, 11) is 0. The molecule has 1 aliphatic rings. The molecule has 0 heterocycles. The maximum Gasteiger partial charge on any atom is 0.0704 e. The zero-order valence-electron chi connectivity index (χ0n) is 13.4. The minimum atomic E-state index is 0.430. The lowest BCUT2D eigenvalue weighted by Gasteiger charge is -2.27. The summed E-state index contributed by atoms with van der Waals surface area (Å²) in [4.78, 5) is 0. The van der Waals surface area contributed by atoms with Gasteiger partial charge in [0.2, 0.25) is 0 Å². The van der Waals surface area contributed by atoms with E-state index in [0.29, 0.717) is 49.7 Å². The van der Waals surface area contributed by atoms with E-state index in [9.17, 15) is 0 Å². The lowest BCUT2D eigenvalue weighted by Crippen LogP contribution is -2.29. The van der Waals surface area contributed by atoms with Crippen LogP contribution in [0.2, 0.25) is 0 Å². The second kappa shape index (κ2) is 14.2. The lowest BCUT2D eigenvalue weighted by atomic mass is 9.98. The van der Waals surface area contributed by atoms with Gasteiger partial charge >= 0.3 is 0 Å². The van der Waals surface area contributed by atoms with E-state index >= 15 is 0 Å². The van der Waals surface area contributed by atoms with Gasteiger partial charge in [0, 0.05) is 10.5 Å². The highest BCUT2D eigenvalue weighted by atomic mass is 127. The van der Waals surface area contributed by atoms with E-state index < -0.39 is 0 Å². The fourth-order valence-corrected chi connectivity index (χ4v) is 3.29. The van der Waals surface area contributed by atoms with Gasteiger partial charge in [-0.25, -0.2) is 0 Å². The van der Waals surface area contributed by atoms with Gasteiger partial charge in [-0.15, -0.1) is 0 Å². The molecule has 5 heteroatoms. The molecule has 0 aromatic rings. The van der Waals surface area contributed by atoms with E-state index in [1.807, 2.05) is 0 Å². The molecule has 21 heavy (non-hydrogen) atoms. The van der Waals surface area contributed by atoms with Crippen molar-refractivity contribution in [3.8, 4) is 0 Å². The third-order valence-electron chi connectivity index (χ3n) is 3.57. The first-order valence-electron chi connectivity index (χ1n) is 8.33. The summed E-state index contributed by atoms with van der Waals surface area (Å²) in [6, 6.07) is 0. The van der Waals surface area contributed by atoms with Crippen LogP contribution in [0, 0.1) is 0 Å². The molecule has 2 atom stereocenters. The summed E-state index contributed by atoms with van der Waals surface area (Å²) in [5, 5.41) is 0. The van der Waals surface area contributed by atoms with Crippen molar-refractivity contribution in [3.63, 3.8) is 0 Å². The van der Waals surface area contributed by atoms with E-state index in [0.717, 1.165) is 13.0 Å². The summed E-state index contributed by atoms with van der Waals surface area (Å²) >= 11 is 2.52. The second-order valence-electron chi connectivity index (χ2n) is 5.40. The molecule has 0 radical (unpaired) electrons. The van der Waals surface area contributed by atoms with E-state index in [2.05, 4.69) is 29.5 Å². The average molecular weight is 414 g/mol. The van der Waals surface area contributed by atoms with Crippen LogP contribution in [0.3, 0.4) is 0 Å². The molecule has 2 unspecified atom stereocenters. The van der Waals surface area contributed by atoms with Crippen molar-refractivity contribution in [2.24, 2.45) is 0 Å². The van der Waals surface area contributed by atoms with E-state index in [1.54, 1.807) is 0 Å². The smallest absolute Gasteiger partial charge is 0.0704 e. The van der Waals surface area contributed by atoms with Gasteiger partial charge in [-0.2, -0.15) is 0 Å². The Kier molecular flexibility index (Phi) is 13.2. The topological polar surface area (TPSA) is 36.9 Å². The monoisotopic (exact) mass is 414 g/mol. The van der Waals surface area contributed by atoms with Crippen molar-refractivity contribution >= 4 is 22.6 Å². The SMILES string of the molecule is CCCCOCCOCCOCCOC1CCCCC1I. The molecule has 1 saturated carbocycles. The molecule has 0 N–H and O–H groups in total. The molecule has 0 amide bonds. The largest absolute Gasteiger partial charge is 0.379 e. The molecule has 0 aromatic heterocycles. The van der Waals surface area contributed by atoms with Gasteiger partial charge in [-0.3, -0.25) is 0 Å². The number of ether oxygens (including phenoxy) is 4. The highest BCUT2D eigenvalue weighted by Crippen LogP contribution is 2.27. The molecule has 0 spiro atoms. The van der Waals surface area contributed by atoms with Gasteiger partial charge in [0.25, 0.3) is 0 Å². The normalized spacial score (nSPS) is 22.6. The number of rotatable bonds is 13. The fourth-order valence-electron chi connectivity index (χ4n) is 2.29. The van der Waals surface area contributed by atoms with Crippen LogP contribution < -0.4 is 0 Å². The van der Waals surface area contributed by atoms with Crippen LogP contribution >= 0.6 is 22.6 Å². The molecule has 1 rings (SSSR count). The van der Waals surface area contributed by atoms with Crippen LogP contribution in [-0.4, -0.2) is 56.3 Å². The first-order valence-corrected chi connectivity index (χ1v) is 9.58. The molecule has 0 aromatic carbocycles. The maximum absolute atomic E-state index is 5.88. The molecule has 0 bridgehead atoms. The van der Waals surface area contributed by atoms with Gasteiger partial charge in [0.1, 0.15) is 0 Å². The number of unbranched alkanes of at least 4 members (excludes halogenated alkanes) is 1. The van der Waals surface area contributed by atoms with Crippen molar-refractivity contribution in [2.75, 3.05) is 46.2 Å². The Labute approximate surface area is 143 Å². The minimum absolute atomic E-state index is 0.430. The van der Waals surface area contributed by atoms with Crippen molar-refractivity contribution in [1.82, 2.24) is 0 Å². The summed E-state index contributed by atoms with van der Waals surface area (Å²) in [6.45, 7) is 6.97. The van der Waals surface area contributed by atoms with E-state index in [4.69, 9.17) is 18.9 Å². The number of halogens is 1. The summed E-state index contributed by atoms with van der Waals surface area (Å²) in [5.74, 6) is 0. The molecule has 0 aliphatic heterocycles. The standard InChI is InChI=1S/C16H31IO4/c1-2-3-8-18-9-10-19-11-12-20-13-14-21-16-7-5-4-6-15(16)17/h15-16H,2-14H2,1H3. The molecular weight excluding hydrogens is 383 g/mol. The van der Waals surface area contributed by atoms with Gasteiger partial charge in [0.15, 0.2) is 0 Å². The van der Waals surface area contributed by atoms with Crippen LogP contribution in [0.5, 0.6) is 0 Å². The van der Waals surface area contributed by atoms with Crippen LogP contribution in [0.15, 0.2) is 0 Å². The van der Waals surface area contributed by atoms with E-state index in [-0.39, 0.29) is 0 Å². The third-order valence-corrected chi connectivity index (χ3v) is 4.99. The number of hydrogen-bond acceptors (Lipinski definition) is 4. The van der Waals surface area contributed by atoms with Crippen molar-refractivity contribution in [3.05, 3.63) is 0 Å². The Hall–Kier alpha value is 0.570. The highest BCUT2D eigenvalue weighted by Gasteiger charge is 2.22. The van der Waals surface area contributed by atoms with Crippen molar-refractivity contribution in [1.29, 1.82) is 0 Å². The zero-order valence-corrected chi connectivity index (χ0v) is 15.5. The summed E-state index contributed by atoms with van der Waals surface area (Å²) < 4.78 is 22.9. The van der Waals surface area contributed by atoms with Crippen molar-refractivity contribution < 1.29 is 18.9 Å². The predicted octanol–water partition coefficient (Wildman–Crippen LogP) is 3.60. The van der Waals surface area contributed by atoms with Crippen LogP contribution in [0.1, 0.15) is 45.4 Å². The van der Waals surface area contributed by atoms with Crippen molar-refractivity contribution in [2.45, 2.75) is 55.5 Å². The predicted molar refractivity (Wildman–Crippen MR) is 93.4 cm³/mol. The van der Waals surface area contributed by atoms with Crippen LogP contribution in [-0.2, 0) is 18.9 Å². The third kappa shape index (κ3) is 10.8. The number of hydrogen-bond donors (Lipinski definition) is 0. The van der Waals surface area contributed by atoms with E-state index in [1.165, 1.54) is 32.1 Å². The summed E-state index contributed by atoms with van der Waals surface area (Å²) in [5.41, 5.74) is 0. The van der Waals surface area contributed by atoms with Gasteiger partial charge < -0.3 is 18.9 Å². The molecular formula is C16H31IO4. The maximum atomic E-state index is 5.88. The molecule has 1 aliphatic carbocycles.